The van der Waals surface area contributed by atoms with Crippen LogP contribution in [0.5, 0.6) is 0 Å². The minimum atomic E-state index is -3.85. The molecular formula is C23H24F3N3O4S. The minimum Gasteiger partial charge on any atom is -0.373 e. The van der Waals surface area contributed by atoms with Gasteiger partial charge >= 0.3 is 0 Å². The van der Waals surface area contributed by atoms with Gasteiger partial charge < -0.3 is 14.2 Å². The van der Waals surface area contributed by atoms with Crippen molar-refractivity contribution in [3.63, 3.8) is 0 Å². The smallest absolute Gasteiger partial charge is 0.222 e. The summed E-state index contributed by atoms with van der Waals surface area (Å²) in [4.78, 5) is 17.7. The first kappa shape index (κ1) is 24.2. The van der Waals surface area contributed by atoms with Crippen LogP contribution in [0.2, 0.25) is 0 Å². The molecule has 1 saturated heterocycles. The van der Waals surface area contributed by atoms with Gasteiger partial charge in [0.1, 0.15) is 23.3 Å². The van der Waals surface area contributed by atoms with E-state index in [1.54, 1.807) is 18.7 Å². The topological polar surface area (TPSA) is 81.5 Å². The Morgan fingerprint density at radius 2 is 1.82 bits per heavy atom. The van der Waals surface area contributed by atoms with Crippen molar-refractivity contribution in [2.45, 2.75) is 37.8 Å². The Hall–Kier alpha value is -2.92. The van der Waals surface area contributed by atoms with Crippen molar-refractivity contribution >= 4 is 26.8 Å². The lowest BCUT2D eigenvalue weighted by Gasteiger charge is -2.33. The van der Waals surface area contributed by atoms with E-state index in [1.165, 1.54) is 16.7 Å². The van der Waals surface area contributed by atoms with Crippen LogP contribution in [0.15, 0.2) is 29.2 Å². The number of aromatic nitrogens is 2. The number of fused-ring (bicyclic) bond motifs is 1. The number of benzene rings is 2. The van der Waals surface area contributed by atoms with Crippen molar-refractivity contribution in [1.29, 1.82) is 0 Å². The van der Waals surface area contributed by atoms with Gasteiger partial charge in [0.15, 0.2) is 9.84 Å². The van der Waals surface area contributed by atoms with Crippen LogP contribution in [-0.2, 0) is 25.9 Å². The molecule has 0 aliphatic carbocycles. The Morgan fingerprint density at radius 1 is 1.15 bits per heavy atom. The predicted octanol–water partition coefficient (Wildman–Crippen LogP) is 3.47. The number of carbonyl (C=O) groups excluding carboxylic acids is 1. The molecule has 1 aromatic heterocycles. The second-order valence-corrected chi connectivity index (χ2v) is 10.4. The Balaban J connectivity index is 1.85. The molecule has 1 fully saturated rings. The molecule has 0 spiro atoms. The number of sulfone groups is 1. The van der Waals surface area contributed by atoms with Crippen LogP contribution in [0.1, 0.15) is 18.9 Å². The number of halogens is 3. The van der Waals surface area contributed by atoms with Crippen LogP contribution in [-0.4, -0.2) is 60.8 Å². The maximum atomic E-state index is 15.1. The number of carbonyl (C=O) groups is 1. The molecule has 0 N–H and O–H groups in total. The molecule has 1 atom stereocenters. The highest BCUT2D eigenvalue weighted by Gasteiger charge is 2.28. The highest BCUT2D eigenvalue weighted by molar-refractivity contribution is 7.90. The van der Waals surface area contributed by atoms with Gasteiger partial charge in [0.2, 0.25) is 5.91 Å². The average Bonchev–Trinajstić information content (AvgIpc) is 3.09. The monoisotopic (exact) mass is 495 g/mol. The van der Waals surface area contributed by atoms with Gasteiger partial charge in [0.25, 0.3) is 0 Å². The Kier molecular flexibility index (Phi) is 6.43. The Morgan fingerprint density at radius 3 is 2.44 bits per heavy atom. The van der Waals surface area contributed by atoms with E-state index in [0.717, 1.165) is 18.4 Å². The van der Waals surface area contributed by atoms with Gasteiger partial charge in [-0.1, -0.05) is 6.92 Å². The first-order valence-electron chi connectivity index (χ1n) is 10.7. The standard InChI is InChI=1S/C23H24F3N3O4S/c1-4-21(30)28-5-6-33-14(11-28)12-29-20-10-16(24)13(2)7-19(20)27-23(29)22-17(25)8-15(9-18(22)26)34(3,31)32/h7-10,14H,4-6,11-12H2,1-3H3/t14-/m1/s1. The second kappa shape index (κ2) is 9.03. The third-order valence-corrected chi connectivity index (χ3v) is 6.97. The summed E-state index contributed by atoms with van der Waals surface area (Å²) in [6.45, 7) is 4.34. The van der Waals surface area contributed by atoms with Crippen LogP contribution < -0.4 is 0 Å². The van der Waals surface area contributed by atoms with Crippen molar-refractivity contribution in [2.24, 2.45) is 0 Å². The van der Waals surface area contributed by atoms with Crippen LogP contribution in [0, 0.1) is 24.4 Å². The molecule has 2 aromatic carbocycles. The van der Waals surface area contributed by atoms with Crippen molar-refractivity contribution in [2.75, 3.05) is 26.0 Å². The fourth-order valence-electron chi connectivity index (χ4n) is 4.09. The van der Waals surface area contributed by atoms with Crippen LogP contribution in [0.4, 0.5) is 13.2 Å². The van der Waals surface area contributed by atoms with Crippen molar-refractivity contribution < 1.29 is 31.1 Å². The molecule has 0 radical (unpaired) electrons. The van der Waals surface area contributed by atoms with Gasteiger partial charge in [-0.15, -0.1) is 0 Å². The molecule has 34 heavy (non-hydrogen) atoms. The first-order chi connectivity index (χ1) is 16.0. The number of imidazole rings is 1. The SMILES string of the molecule is CCC(=O)N1CCO[C@@H](Cn2c(-c3c(F)cc(S(C)(=O)=O)cc3F)nc3cc(C)c(F)cc32)C1. The first-order valence-corrected chi connectivity index (χ1v) is 12.6. The quantitative estimate of drug-likeness (QED) is 0.542. The molecule has 2 heterocycles. The van der Waals surface area contributed by atoms with Gasteiger partial charge in [-0.2, -0.15) is 0 Å². The lowest BCUT2D eigenvalue weighted by atomic mass is 10.1. The molecule has 1 aliphatic rings. The fourth-order valence-corrected chi connectivity index (χ4v) is 4.72. The van der Waals surface area contributed by atoms with E-state index >= 15 is 8.78 Å². The summed E-state index contributed by atoms with van der Waals surface area (Å²) in [7, 11) is -3.85. The summed E-state index contributed by atoms with van der Waals surface area (Å²) < 4.78 is 75.4. The van der Waals surface area contributed by atoms with Gasteiger partial charge in [-0.3, -0.25) is 4.79 Å². The highest BCUT2D eigenvalue weighted by Crippen LogP contribution is 2.32. The molecule has 0 bridgehead atoms. The number of amides is 1. The molecule has 1 amide bonds. The van der Waals surface area contributed by atoms with Crippen molar-refractivity contribution in [1.82, 2.24) is 14.5 Å². The second-order valence-electron chi connectivity index (χ2n) is 8.36. The number of hydrogen-bond donors (Lipinski definition) is 0. The minimum absolute atomic E-state index is 0.0425. The lowest BCUT2D eigenvalue weighted by molar-refractivity contribution is -0.138. The largest absolute Gasteiger partial charge is 0.373 e. The maximum absolute atomic E-state index is 15.1. The number of rotatable bonds is 5. The van der Waals surface area contributed by atoms with Crippen LogP contribution in [0.3, 0.4) is 0 Å². The summed E-state index contributed by atoms with van der Waals surface area (Å²) >= 11 is 0. The third-order valence-electron chi connectivity index (χ3n) is 5.88. The number of hydrogen-bond acceptors (Lipinski definition) is 5. The van der Waals surface area contributed by atoms with E-state index in [2.05, 4.69) is 4.98 Å². The number of morpholine rings is 1. The summed E-state index contributed by atoms with van der Waals surface area (Å²) in [5.41, 5.74) is 0.397. The zero-order valence-electron chi connectivity index (χ0n) is 18.9. The van der Waals surface area contributed by atoms with E-state index < -0.39 is 43.9 Å². The van der Waals surface area contributed by atoms with Crippen LogP contribution in [0.25, 0.3) is 22.4 Å². The summed E-state index contributed by atoms with van der Waals surface area (Å²) in [5, 5.41) is 0. The normalized spacial score (nSPS) is 16.9. The molecule has 3 aromatic rings. The van der Waals surface area contributed by atoms with Crippen LogP contribution >= 0.6 is 0 Å². The maximum Gasteiger partial charge on any atom is 0.222 e. The molecule has 11 heteroatoms. The predicted molar refractivity (Wildman–Crippen MR) is 120 cm³/mol. The third kappa shape index (κ3) is 4.54. The fraction of sp³-hybridized carbons (Fsp3) is 0.391. The van der Waals surface area contributed by atoms with Gasteiger partial charge in [-0.25, -0.2) is 26.6 Å². The summed E-state index contributed by atoms with van der Waals surface area (Å²) in [6, 6.07) is 4.18. The van der Waals surface area contributed by atoms with Gasteiger partial charge in [0, 0.05) is 31.8 Å². The zero-order chi connectivity index (χ0) is 24.8. The molecule has 4 rings (SSSR count). The molecule has 0 unspecified atom stereocenters. The van der Waals surface area contributed by atoms with E-state index in [-0.39, 0.29) is 31.4 Å². The lowest BCUT2D eigenvalue weighted by Crippen LogP contribution is -2.46. The van der Waals surface area contributed by atoms with Crippen molar-refractivity contribution in [3.8, 4) is 11.4 Å². The summed E-state index contributed by atoms with van der Waals surface area (Å²) in [6.07, 6.45) is 0.663. The Labute approximate surface area is 195 Å². The molecule has 0 saturated carbocycles. The number of ether oxygens (including phenoxy) is 1. The number of nitrogens with zero attached hydrogens (tertiary/aromatic N) is 3. The summed E-state index contributed by atoms with van der Waals surface area (Å²) in [5.74, 6) is -2.90. The van der Waals surface area contributed by atoms with E-state index in [0.29, 0.717) is 29.6 Å². The number of aryl methyl sites for hydroxylation is 1. The molecular weight excluding hydrogens is 471 g/mol. The van der Waals surface area contributed by atoms with Crippen molar-refractivity contribution in [3.05, 3.63) is 47.3 Å². The Bertz CT molecular complexity index is 1360. The zero-order valence-corrected chi connectivity index (χ0v) is 19.8. The van der Waals surface area contributed by atoms with Gasteiger partial charge in [-0.05, 0) is 30.7 Å². The highest BCUT2D eigenvalue weighted by atomic mass is 32.2. The molecule has 7 nitrogen and oxygen atoms in total. The molecule has 182 valence electrons. The molecule has 1 aliphatic heterocycles. The van der Waals surface area contributed by atoms with E-state index in [9.17, 15) is 17.6 Å². The van der Waals surface area contributed by atoms with E-state index in [4.69, 9.17) is 4.74 Å². The average molecular weight is 496 g/mol. The van der Waals surface area contributed by atoms with E-state index in [1.807, 2.05) is 0 Å². The van der Waals surface area contributed by atoms with Gasteiger partial charge in [0.05, 0.1) is 40.7 Å².